The summed E-state index contributed by atoms with van der Waals surface area (Å²) in [5.41, 5.74) is 1.81. The van der Waals surface area contributed by atoms with Gasteiger partial charge in [-0.05, 0) is 31.9 Å². The second-order valence-electron chi connectivity index (χ2n) is 6.66. The molecule has 0 saturated carbocycles. The second kappa shape index (κ2) is 8.73. The Labute approximate surface area is 158 Å². The molecule has 142 valence electrons. The molecule has 1 saturated heterocycles. The number of aromatic nitrogens is 2. The van der Waals surface area contributed by atoms with Crippen LogP contribution in [0, 0.1) is 6.92 Å². The number of carbonyl (C=O) groups excluding carboxylic acids is 2. The van der Waals surface area contributed by atoms with Gasteiger partial charge in [0, 0.05) is 38.0 Å². The number of para-hydroxylation sites is 1. The van der Waals surface area contributed by atoms with Crippen molar-refractivity contribution in [1.29, 1.82) is 0 Å². The Kier molecular flexibility index (Phi) is 6.13. The van der Waals surface area contributed by atoms with Gasteiger partial charge in [0.2, 0.25) is 5.91 Å². The molecule has 0 radical (unpaired) electrons. The predicted molar refractivity (Wildman–Crippen MR) is 102 cm³/mol. The van der Waals surface area contributed by atoms with Crippen LogP contribution in [0.1, 0.15) is 40.6 Å². The van der Waals surface area contributed by atoms with Gasteiger partial charge in [-0.15, -0.1) is 0 Å². The lowest BCUT2D eigenvalue weighted by Gasteiger charge is -2.32. The number of nitrogens with one attached hydrogen (secondary N) is 1. The van der Waals surface area contributed by atoms with Gasteiger partial charge in [0.05, 0.1) is 11.3 Å². The summed E-state index contributed by atoms with van der Waals surface area (Å²) in [4.78, 5) is 35.3. The lowest BCUT2D eigenvalue weighted by Crippen LogP contribution is -2.41. The minimum absolute atomic E-state index is 0.0159. The van der Waals surface area contributed by atoms with Crippen molar-refractivity contribution in [2.24, 2.45) is 0 Å². The zero-order valence-corrected chi connectivity index (χ0v) is 15.6. The van der Waals surface area contributed by atoms with E-state index in [2.05, 4.69) is 15.3 Å². The van der Waals surface area contributed by atoms with Gasteiger partial charge in [0.15, 0.2) is 0 Å². The molecule has 2 heterocycles. The van der Waals surface area contributed by atoms with Crippen LogP contribution < -0.4 is 5.32 Å². The number of likely N-dealkylation sites (tertiary alicyclic amines) is 1. The van der Waals surface area contributed by atoms with Crippen LogP contribution >= 0.6 is 0 Å². The van der Waals surface area contributed by atoms with Crippen molar-refractivity contribution in [3.8, 4) is 0 Å². The molecule has 2 aromatic rings. The van der Waals surface area contributed by atoms with Crippen LogP contribution in [0.25, 0.3) is 0 Å². The number of benzene rings is 1. The molecule has 7 heteroatoms. The number of hydrogen-bond acceptors (Lipinski definition) is 5. The molecule has 0 spiro atoms. The van der Waals surface area contributed by atoms with Crippen LogP contribution in [0.2, 0.25) is 0 Å². The number of amides is 2. The first-order valence-corrected chi connectivity index (χ1v) is 9.05. The monoisotopic (exact) mass is 368 g/mol. The first kappa shape index (κ1) is 19.0. The summed E-state index contributed by atoms with van der Waals surface area (Å²) >= 11 is 0. The number of nitrogens with zero attached hydrogens (tertiary/aromatic N) is 3. The van der Waals surface area contributed by atoms with Gasteiger partial charge >= 0.3 is 0 Å². The average Bonchev–Trinajstić information content (AvgIpc) is 2.69. The summed E-state index contributed by atoms with van der Waals surface area (Å²) in [6, 6.07) is 9.28. The molecule has 0 unspecified atom stereocenters. The van der Waals surface area contributed by atoms with Crippen LogP contribution in [-0.4, -0.2) is 53.5 Å². The van der Waals surface area contributed by atoms with E-state index in [0.29, 0.717) is 23.6 Å². The highest BCUT2D eigenvalue weighted by Gasteiger charge is 2.27. The highest BCUT2D eigenvalue weighted by atomic mass is 16.5. The summed E-state index contributed by atoms with van der Waals surface area (Å²) in [6.45, 7) is 3.21. The maximum absolute atomic E-state index is 12.5. The molecule has 1 aromatic heterocycles. The molecule has 7 nitrogen and oxygen atoms in total. The zero-order chi connectivity index (χ0) is 19.2. The molecule has 1 fully saturated rings. The van der Waals surface area contributed by atoms with Crippen molar-refractivity contribution < 1.29 is 14.3 Å². The smallest absolute Gasteiger partial charge is 0.259 e. The Bertz CT molecular complexity index is 810. The van der Waals surface area contributed by atoms with Crippen LogP contribution in [0.3, 0.4) is 0 Å². The van der Waals surface area contributed by atoms with Gasteiger partial charge in [0.25, 0.3) is 5.91 Å². The van der Waals surface area contributed by atoms with E-state index < -0.39 is 0 Å². The van der Waals surface area contributed by atoms with Crippen molar-refractivity contribution >= 4 is 17.5 Å². The molecule has 3 rings (SSSR count). The van der Waals surface area contributed by atoms with E-state index in [9.17, 15) is 9.59 Å². The lowest BCUT2D eigenvalue weighted by atomic mass is 9.97. The first-order valence-electron chi connectivity index (χ1n) is 9.05. The number of carbonyl (C=O) groups is 2. The van der Waals surface area contributed by atoms with Gasteiger partial charge in [-0.1, -0.05) is 18.2 Å². The number of aryl methyl sites for hydroxylation is 1. The summed E-state index contributed by atoms with van der Waals surface area (Å²) in [7, 11) is 1.52. The quantitative estimate of drug-likeness (QED) is 0.876. The fourth-order valence-corrected chi connectivity index (χ4v) is 3.25. The Morgan fingerprint density at radius 1 is 1.30 bits per heavy atom. The standard InChI is InChI=1S/C20H24N4O3/c1-14-17(20(26)23-16-8-4-3-5-9-16)11-21-19(22-14)15-7-6-10-24(12-15)18(25)13-27-2/h3-5,8-9,11,15H,6-7,10,12-13H2,1-2H3,(H,23,26)/t15-/m1/s1. The van der Waals surface area contributed by atoms with Crippen molar-refractivity contribution in [3.63, 3.8) is 0 Å². The first-order chi connectivity index (χ1) is 13.1. The van der Waals surface area contributed by atoms with E-state index in [4.69, 9.17) is 4.74 Å². The summed E-state index contributed by atoms with van der Waals surface area (Å²) in [5.74, 6) is 0.506. The maximum Gasteiger partial charge on any atom is 0.259 e. The number of piperidine rings is 1. The largest absolute Gasteiger partial charge is 0.375 e. The van der Waals surface area contributed by atoms with E-state index in [0.717, 1.165) is 25.1 Å². The zero-order valence-electron chi connectivity index (χ0n) is 15.6. The third-order valence-corrected chi connectivity index (χ3v) is 4.68. The Morgan fingerprint density at radius 3 is 2.78 bits per heavy atom. The van der Waals surface area contributed by atoms with E-state index >= 15 is 0 Å². The third kappa shape index (κ3) is 4.68. The molecule has 0 aliphatic carbocycles. The molecular weight excluding hydrogens is 344 g/mol. The van der Waals surface area contributed by atoms with Crippen molar-refractivity contribution in [2.75, 3.05) is 32.1 Å². The number of anilines is 1. The highest BCUT2D eigenvalue weighted by molar-refractivity contribution is 6.04. The molecule has 1 atom stereocenters. The summed E-state index contributed by atoms with van der Waals surface area (Å²) < 4.78 is 4.94. The van der Waals surface area contributed by atoms with Crippen molar-refractivity contribution in [1.82, 2.24) is 14.9 Å². The minimum atomic E-state index is -0.231. The maximum atomic E-state index is 12.5. The van der Waals surface area contributed by atoms with E-state index in [1.165, 1.54) is 7.11 Å². The molecule has 1 aliphatic heterocycles. The van der Waals surface area contributed by atoms with Crippen LogP contribution in [0.4, 0.5) is 5.69 Å². The highest BCUT2D eigenvalue weighted by Crippen LogP contribution is 2.25. The van der Waals surface area contributed by atoms with E-state index in [1.54, 1.807) is 11.1 Å². The SMILES string of the molecule is COCC(=O)N1CCC[C@@H](c2ncc(C(=O)Nc3ccccc3)c(C)n2)C1. The molecule has 2 amide bonds. The second-order valence-corrected chi connectivity index (χ2v) is 6.66. The molecule has 1 aliphatic rings. The van der Waals surface area contributed by atoms with Gasteiger partial charge in [0.1, 0.15) is 12.4 Å². The van der Waals surface area contributed by atoms with Crippen LogP contribution in [0.15, 0.2) is 36.5 Å². The molecule has 0 bridgehead atoms. The Morgan fingerprint density at radius 2 is 2.07 bits per heavy atom. The Hall–Kier alpha value is -2.80. The normalized spacial score (nSPS) is 16.8. The summed E-state index contributed by atoms with van der Waals surface area (Å²) in [6.07, 6.45) is 3.40. The van der Waals surface area contributed by atoms with Crippen LogP contribution in [0.5, 0.6) is 0 Å². The third-order valence-electron chi connectivity index (χ3n) is 4.68. The number of rotatable bonds is 5. The van der Waals surface area contributed by atoms with Gasteiger partial charge in [-0.3, -0.25) is 9.59 Å². The van der Waals surface area contributed by atoms with Gasteiger partial charge in [-0.2, -0.15) is 0 Å². The van der Waals surface area contributed by atoms with Crippen molar-refractivity contribution in [2.45, 2.75) is 25.7 Å². The van der Waals surface area contributed by atoms with Gasteiger partial charge in [-0.25, -0.2) is 9.97 Å². The topological polar surface area (TPSA) is 84.4 Å². The predicted octanol–water partition coefficient (Wildman–Crippen LogP) is 2.39. The van der Waals surface area contributed by atoms with E-state index in [-0.39, 0.29) is 24.3 Å². The number of ether oxygens (including phenoxy) is 1. The lowest BCUT2D eigenvalue weighted by molar-refractivity contribution is -0.136. The van der Waals surface area contributed by atoms with Crippen molar-refractivity contribution in [3.05, 3.63) is 53.6 Å². The fourth-order valence-electron chi connectivity index (χ4n) is 3.25. The molecule has 1 aromatic carbocycles. The fraction of sp³-hybridized carbons (Fsp3) is 0.400. The van der Waals surface area contributed by atoms with E-state index in [1.807, 2.05) is 37.3 Å². The number of methoxy groups -OCH3 is 1. The van der Waals surface area contributed by atoms with Crippen LogP contribution in [-0.2, 0) is 9.53 Å². The average molecular weight is 368 g/mol. The van der Waals surface area contributed by atoms with Gasteiger partial charge < -0.3 is 15.0 Å². The molecular formula is C20H24N4O3. The molecule has 27 heavy (non-hydrogen) atoms. The summed E-state index contributed by atoms with van der Waals surface area (Å²) in [5, 5.41) is 2.85. The Balaban J connectivity index is 1.70. The minimum Gasteiger partial charge on any atom is -0.375 e. The molecule has 1 N–H and O–H groups in total. The number of hydrogen-bond donors (Lipinski definition) is 1.